The van der Waals surface area contributed by atoms with Gasteiger partial charge >= 0.3 is 5.97 Å². The van der Waals surface area contributed by atoms with Gasteiger partial charge in [-0.25, -0.2) is 9.78 Å². The third kappa shape index (κ3) is 18.7. The number of nitrogens with two attached hydrogens (primary N) is 1. The van der Waals surface area contributed by atoms with Gasteiger partial charge in [-0.05, 0) is 43.4 Å². The van der Waals surface area contributed by atoms with Crippen molar-refractivity contribution >= 4 is 91.7 Å². The maximum atomic E-state index is 14.6. The van der Waals surface area contributed by atoms with Crippen LogP contribution in [0.4, 0.5) is 0 Å². The van der Waals surface area contributed by atoms with Gasteiger partial charge in [-0.2, -0.15) is 0 Å². The monoisotopic (exact) mass is 1070 g/mol. The lowest BCUT2D eigenvalue weighted by molar-refractivity contribution is -0.141. The molecule has 5 rings (SSSR count). The number of aromatic amines is 2. The minimum absolute atomic E-state index is 0.0631. The lowest BCUT2D eigenvalue weighted by Gasteiger charge is -2.27. The van der Waals surface area contributed by atoms with Crippen molar-refractivity contribution in [2.75, 3.05) is 18.1 Å². The maximum absolute atomic E-state index is 14.6. The summed E-state index contributed by atoms with van der Waals surface area (Å²) in [6, 6.07) is 5.09. The number of unbranched alkanes of at least 4 members (excludes halogenated alkanes) is 1. The number of H-pyrrole nitrogens is 2. The third-order valence-corrected chi connectivity index (χ3v) is 14.4. The summed E-state index contributed by atoms with van der Waals surface area (Å²) in [4.78, 5) is 135. The molecule has 1 aliphatic heterocycles. The number of carboxylic acid groups (broad SMARTS) is 1. The van der Waals surface area contributed by atoms with Gasteiger partial charge in [-0.15, -0.1) is 0 Å². The van der Waals surface area contributed by atoms with Gasteiger partial charge in [-0.3, -0.25) is 43.8 Å². The maximum Gasteiger partial charge on any atom is 0.327 e. The molecule has 1 fully saturated rings. The van der Waals surface area contributed by atoms with Crippen LogP contribution in [0.3, 0.4) is 0 Å². The molecule has 0 radical (unpaired) electrons. The number of hydrogen-bond donors (Lipinski definition) is 14. The van der Waals surface area contributed by atoms with Crippen molar-refractivity contribution in [2.45, 2.75) is 120 Å². The van der Waals surface area contributed by atoms with Crippen molar-refractivity contribution < 1.29 is 48.3 Å². The predicted octanol–water partition coefficient (Wildman–Crippen LogP) is -0.230. The highest BCUT2D eigenvalue weighted by atomic mass is 33.1. The van der Waals surface area contributed by atoms with E-state index in [2.05, 4.69) is 62.8 Å². The van der Waals surface area contributed by atoms with Crippen LogP contribution in [0.1, 0.15) is 69.7 Å². The first-order valence-electron chi connectivity index (χ1n) is 24.4. The minimum atomic E-state index is -1.55. The van der Waals surface area contributed by atoms with Crippen molar-refractivity contribution in [3.05, 3.63) is 90.1 Å². The summed E-state index contributed by atoms with van der Waals surface area (Å²) in [7, 11) is 1.95. The second-order valence-corrected chi connectivity index (χ2v) is 20.5. The molecule has 0 spiro atoms. The molecule has 0 saturated carbocycles. The molecule has 1 saturated heterocycles. The summed E-state index contributed by atoms with van der Waals surface area (Å²) in [5.41, 5.74) is 7.82. The van der Waals surface area contributed by atoms with Crippen molar-refractivity contribution in [1.29, 1.82) is 5.41 Å². The molecule has 2 aromatic heterocycles. The molecule has 24 nitrogen and oxygen atoms in total. The van der Waals surface area contributed by atoms with Crippen LogP contribution in [0.5, 0.6) is 0 Å². The van der Waals surface area contributed by atoms with E-state index in [1.807, 2.05) is 25.1 Å². The van der Waals surface area contributed by atoms with E-state index in [1.165, 1.54) is 26.4 Å². The van der Waals surface area contributed by atoms with Gasteiger partial charge in [0.1, 0.15) is 48.3 Å². The van der Waals surface area contributed by atoms with E-state index in [4.69, 9.17) is 11.1 Å². The molecule has 0 unspecified atom stereocenters. The Hall–Kier alpha value is -7.61. The Labute approximate surface area is 440 Å². The van der Waals surface area contributed by atoms with Crippen molar-refractivity contribution in [3.63, 3.8) is 0 Å². The fourth-order valence-electron chi connectivity index (χ4n) is 7.96. The fraction of sp³-hybridized carbons (Fsp3) is 0.449. The van der Waals surface area contributed by atoms with Crippen LogP contribution < -0.4 is 53.6 Å². The first-order valence-corrected chi connectivity index (χ1v) is 26.9. The molecule has 8 atom stereocenters. The number of para-hydroxylation sites is 1. The summed E-state index contributed by atoms with van der Waals surface area (Å²) in [6.07, 6.45) is 5.77. The average Bonchev–Trinajstić information content (AvgIpc) is 4.05. The van der Waals surface area contributed by atoms with E-state index in [0.29, 0.717) is 29.7 Å². The zero-order chi connectivity index (χ0) is 54.4. The molecule has 8 amide bonds. The zero-order valence-corrected chi connectivity index (χ0v) is 43.4. The second kappa shape index (κ2) is 29.3. The molecule has 4 aromatic rings. The molecule has 2 aromatic carbocycles. The first-order chi connectivity index (χ1) is 35.9. The third-order valence-electron chi connectivity index (χ3n) is 12.0. The normalized spacial score (nSPS) is 22.2. The molecule has 3 heterocycles. The molecule has 0 aliphatic carbocycles. The number of hydrogen-bond acceptors (Lipinski definition) is 13. The van der Waals surface area contributed by atoms with Crippen LogP contribution in [0.2, 0.25) is 0 Å². The summed E-state index contributed by atoms with van der Waals surface area (Å²) < 4.78 is 0. The van der Waals surface area contributed by atoms with Gasteiger partial charge < -0.3 is 68.7 Å². The number of guanidine groups is 1. The van der Waals surface area contributed by atoms with Gasteiger partial charge in [0.05, 0.1) is 12.0 Å². The number of aliphatic carboxylic acids is 1. The summed E-state index contributed by atoms with van der Waals surface area (Å²) >= 11 is 0. The van der Waals surface area contributed by atoms with Gasteiger partial charge in [0.15, 0.2) is 5.96 Å². The van der Waals surface area contributed by atoms with Crippen LogP contribution in [0, 0.1) is 5.41 Å². The number of nitrogens with one attached hydrogen (secondary N) is 12. The van der Waals surface area contributed by atoms with Gasteiger partial charge in [0.25, 0.3) is 0 Å². The number of carbonyl (C=O) groups is 9. The largest absolute Gasteiger partial charge is 0.480 e. The molecule has 404 valence electrons. The van der Waals surface area contributed by atoms with Crippen molar-refractivity contribution in [2.24, 2.45) is 5.73 Å². The first kappa shape index (κ1) is 58.3. The number of carbonyl (C=O) groups excluding carboxylic acids is 8. The molecular weight excluding hydrogens is 1010 g/mol. The lowest BCUT2D eigenvalue weighted by Crippen LogP contribution is -2.60. The van der Waals surface area contributed by atoms with Crippen LogP contribution in [0.15, 0.2) is 73.3 Å². The van der Waals surface area contributed by atoms with Gasteiger partial charge in [0, 0.05) is 67.5 Å². The Balaban J connectivity index is 1.55. The highest BCUT2D eigenvalue weighted by Gasteiger charge is 2.35. The number of carboxylic acids is 1. The summed E-state index contributed by atoms with van der Waals surface area (Å²) in [6.45, 7) is 4.63. The fourth-order valence-corrected chi connectivity index (χ4v) is 10.3. The van der Waals surface area contributed by atoms with E-state index < -0.39 is 102 Å². The van der Waals surface area contributed by atoms with E-state index in [0.717, 1.165) is 32.5 Å². The smallest absolute Gasteiger partial charge is 0.327 e. The molecule has 1 aliphatic rings. The number of benzene rings is 2. The number of fused-ring (bicyclic) bond motifs is 1. The number of nitrogens with zero attached hydrogens (tertiary/aromatic N) is 1. The highest BCUT2D eigenvalue weighted by Crippen LogP contribution is 2.24. The summed E-state index contributed by atoms with van der Waals surface area (Å²) in [5, 5.41) is 42.7. The Bertz CT molecular complexity index is 2620. The highest BCUT2D eigenvalue weighted by molar-refractivity contribution is 8.76. The molecule has 75 heavy (non-hydrogen) atoms. The van der Waals surface area contributed by atoms with Crippen molar-refractivity contribution in [1.82, 2.24) is 62.8 Å². The molecular formula is C49H66N14O10S2. The Morgan fingerprint density at radius 1 is 0.773 bits per heavy atom. The standard InChI is InChI=1S/C49H66N14O10S2/c1-4-5-15-34(57-28(3)64)42(66)62-39-24-74-75-25-40(48(72)73)63-45(69)37(20-30-22-54-33-16-10-9-14-32(30)33)61-43(67)35(17-11-18-53-49(50)51)58-44(68)36(19-29-12-7-6-8-13-29)60-46(70)38(21-31-23-52-26-55-31)59-41(65)27(2)56-47(39)71/h6-10,12-14,16,22-23,26-27,34-40,54H,4-5,11,15,17-21,24-25H2,1-3H3,(H,52,55)(H,56,71)(H,57,64)(H,58,68)(H,59,65)(H,60,70)(H,61,67)(H,62,66)(H,63,69)(H,72,73)(H4,50,51,53)/t27-,34-,35-,36+,37-,38-,39+,40-/m0/s1. The molecule has 15 N–H and O–H groups in total. The second-order valence-electron chi connectivity index (χ2n) is 17.9. The molecule has 26 heteroatoms. The topological polar surface area (TPSA) is 376 Å². The zero-order valence-electron chi connectivity index (χ0n) is 41.8. The Morgan fingerprint density at radius 3 is 2.07 bits per heavy atom. The van der Waals surface area contributed by atoms with E-state index >= 15 is 0 Å². The SMILES string of the molecule is CCCC[C@H](NC(C)=O)C(=O)N[C@@H]1CSSC[C@@H](C(=O)O)NC(=O)[C@H](Cc2c[nH]c3ccccc23)NC(=O)[C@H](CCCNC(=N)N)NC(=O)[C@@H](Cc2ccccc2)NC(=O)[C@H](Cc2c[nH]cn2)NC(=O)[C@H](C)NC1=O. The lowest BCUT2D eigenvalue weighted by atomic mass is 10.0. The summed E-state index contributed by atoms with van der Waals surface area (Å²) in [5.74, 6) is -8.38. The number of rotatable bonds is 17. The number of amides is 8. The predicted molar refractivity (Wildman–Crippen MR) is 282 cm³/mol. The van der Waals surface area contributed by atoms with Gasteiger partial charge in [0.2, 0.25) is 47.3 Å². The van der Waals surface area contributed by atoms with Crippen LogP contribution in [0.25, 0.3) is 10.9 Å². The van der Waals surface area contributed by atoms with Crippen LogP contribution in [-0.4, -0.2) is 146 Å². The molecule has 0 bridgehead atoms. The quantitative estimate of drug-likeness (QED) is 0.0281. The van der Waals surface area contributed by atoms with Crippen LogP contribution >= 0.6 is 21.6 Å². The van der Waals surface area contributed by atoms with E-state index in [1.54, 1.807) is 42.6 Å². The number of aromatic nitrogens is 3. The minimum Gasteiger partial charge on any atom is -0.480 e. The van der Waals surface area contributed by atoms with E-state index in [-0.39, 0.29) is 62.5 Å². The Kier molecular flexibility index (Phi) is 22.8. The average molecular weight is 1080 g/mol. The van der Waals surface area contributed by atoms with Crippen LogP contribution in [-0.2, 0) is 62.4 Å². The Morgan fingerprint density at radius 2 is 1.40 bits per heavy atom. The van der Waals surface area contributed by atoms with Crippen molar-refractivity contribution in [3.8, 4) is 0 Å². The van der Waals surface area contributed by atoms with E-state index in [9.17, 15) is 48.3 Å². The van der Waals surface area contributed by atoms with Gasteiger partial charge in [-0.1, -0.05) is 89.9 Å². The number of imidazole rings is 1.